The molecule has 1 aromatic heterocycles. The Labute approximate surface area is 156 Å². The molecule has 0 bridgehead atoms. The Kier molecular flexibility index (Phi) is 4.90. The summed E-state index contributed by atoms with van der Waals surface area (Å²) in [5.41, 5.74) is 2.37. The lowest BCUT2D eigenvalue weighted by molar-refractivity contribution is -0.131. The molecule has 4 heteroatoms. The lowest BCUT2D eigenvalue weighted by Crippen LogP contribution is -2.37. The first kappa shape index (κ1) is 16.4. The molecule has 2 aromatic carbocycles. The second kappa shape index (κ2) is 7.46. The lowest BCUT2D eigenvalue weighted by atomic mass is 10.1. The topological polar surface area (TPSA) is 20.3 Å². The monoisotopic (exact) mass is 365 g/mol. The Balaban J connectivity index is 1.60. The van der Waals surface area contributed by atoms with Gasteiger partial charge in [0.25, 0.3) is 0 Å². The fourth-order valence-corrected chi connectivity index (χ4v) is 5.15. The number of hydrogen-bond acceptors (Lipinski definition) is 3. The molecule has 25 heavy (non-hydrogen) atoms. The Bertz CT molecular complexity index is 845. The van der Waals surface area contributed by atoms with Crippen molar-refractivity contribution in [3.05, 3.63) is 88.1 Å². The van der Waals surface area contributed by atoms with Crippen molar-refractivity contribution in [1.29, 1.82) is 0 Å². The molecule has 1 aliphatic rings. The fraction of sp³-hybridized carbons (Fsp3) is 0.190. The number of thiophene rings is 1. The van der Waals surface area contributed by atoms with Crippen molar-refractivity contribution in [2.75, 3.05) is 6.54 Å². The third-order valence-corrected chi connectivity index (χ3v) is 6.72. The van der Waals surface area contributed by atoms with E-state index in [0.717, 1.165) is 30.0 Å². The van der Waals surface area contributed by atoms with E-state index in [-0.39, 0.29) is 11.2 Å². The van der Waals surface area contributed by atoms with Gasteiger partial charge in [-0.1, -0.05) is 48.5 Å². The van der Waals surface area contributed by atoms with Crippen LogP contribution in [0, 0.1) is 0 Å². The molecule has 1 atom stereocenters. The lowest BCUT2D eigenvalue weighted by Gasteiger charge is -2.30. The molecule has 0 fully saturated rings. The zero-order valence-electron chi connectivity index (χ0n) is 13.8. The van der Waals surface area contributed by atoms with E-state index in [1.165, 1.54) is 10.4 Å². The second-order valence-electron chi connectivity index (χ2n) is 6.10. The van der Waals surface area contributed by atoms with Crippen LogP contribution in [0.15, 0.2) is 77.0 Å². The minimum absolute atomic E-state index is 0.205. The normalized spacial score (nSPS) is 14.8. The van der Waals surface area contributed by atoms with Gasteiger partial charge >= 0.3 is 0 Å². The van der Waals surface area contributed by atoms with Gasteiger partial charge in [0.2, 0.25) is 5.91 Å². The zero-order valence-corrected chi connectivity index (χ0v) is 15.4. The maximum Gasteiger partial charge on any atom is 0.240 e. The van der Waals surface area contributed by atoms with Crippen molar-refractivity contribution < 1.29 is 4.79 Å². The number of thioether (sulfide) groups is 1. The smallest absolute Gasteiger partial charge is 0.240 e. The van der Waals surface area contributed by atoms with E-state index in [9.17, 15) is 4.79 Å². The molecule has 0 radical (unpaired) electrons. The van der Waals surface area contributed by atoms with Gasteiger partial charge in [-0.25, -0.2) is 0 Å². The van der Waals surface area contributed by atoms with Gasteiger partial charge in [0, 0.05) is 22.9 Å². The van der Waals surface area contributed by atoms with E-state index in [1.807, 2.05) is 41.3 Å². The molecule has 1 aliphatic heterocycles. The van der Waals surface area contributed by atoms with Crippen molar-refractivity contribution in [3.63, 3.8) is 0 Å². The highest BCUT2D eigenvalue weighted by Gasteiger charge is 2.29. The minimum Gasteiger partial charge on any atom is -0.337 e. The summed E-state index contributed by atoms with van der Waals surface area (Å²) in [5, 5.41) is 1.93. The predicted octanol–water partition coefficient (Wildman–Crippen LogP) is 5.17. The molecule has 0 spiro atoms. The van der Waals surface area contributed by atoms with Gasteiger partial charge in [0.05, 0.1) is 0 Å². The summed E-state index contributed by atoms with van der Waals surface area (Å²) in [5.74, 6) is 0.205. The van der Waals surface area contributed by atoms with Gasteiger partial charge in [-0.05, 0) is 41.1 Å². The number of fused-ring (bicyclic) bond motifs is 1. The standard InChI is InChI=1S/C21H19NOS2/c23-21(22-13-11-19-17(15-22)12-14-24-19)20(16-7-3-1-4-8-16)25-18-9-5-2-6-10-18/h1-10,12,14,20H,11,13,15H2. The molecule has 0 N–H and O–H groups in total. The van der Waals surface area contributed by atoms with E-state index in [4.69, 9.17) is 0 Å². The molecular weight excluding hydrogens is 346 g/mol. The summed E-state index contributed by atoms with van der Waals surface area (Å²) < 4.78 is 0. The average Bonchev–Trinajstić information content (AvgIpc) is 3.15. The molecule has 2 nitrogen and oxygen atoms in total. The van der Waals surface area contributed by atoms with Crippen LogP contribution < -0.4 is 0 Å². The van der Waals surface area contributed by atoms with Crippen molar-refractivity contribution >= 4 is 29.0 Å². The van der Waals surface area contributed by atoms with E-state index in [1.54, 1.807) is 23.1 Å². The summed E-state index contributed by atoms with van der Waals surface area (Å²) in [7, 11) is 0. The maximum atomic E-state index is 13.3. The average molecular weight is 366 g/mol. The van der Waals surface area contributed by atoms with E-state index < -0.39 is 0 Å². The maximum absolute atomic E-state index is 13.3. The first-order valence-corrected chi connectivity index (χ1v) is 10.2. The number of benzene rings is 2. The fourth-order valence-electron chi connectivity index (χ4n) is 3.13. The molecule has 1 unspecified atom stereocenters. The number of hydrogen-bond donors (Lipinski definition) is 0. The van der Waals surface area contributed by atoms with Crippen LogP contribution in [0.4, 0.5) is 0 Å². The van der Waals surface area contributed by atoms with Gasteiger partial charge in [0.1, 0.15) is 5.25 Å². The predicted molar refractivity (Wildman–Crippen MR) is 105 cm³/mol. The van der Waals surface area contributed by atoms with Gasteiger partial charge in [-0.15, -0.1) is 23.1 Å². The van der Waals surface area contributed by atoms with E-state index >= 15 is 0 Å². The first-order valence-electron chi connectivity index (χ1n) is 8.42. The van der Waals surface area contributed by atoms with Crippen LogP contribution in [0.1, 0.15) is 21.3 Å². The van der Waals surface area contributed by atoms with E-state index in [2.05, 4.69) is 35.7 Å². The van der Waals surface area contributed by atoms with Crippen LogP contribution >= 0.6 is 23.1 Å². The van der Waals surface area contributed by atoms with Crippen molar-refractivity contribution in [1.82, 2.24) is 4.90 Å². The molecular formula is C21H19NOS2. The Morgan fingerprint density at radius 1 is 1.00 bits per heavy atom. The molecule has 2 heterocycles. The second-order valence-corrected chi connectivity index (χ2v) is 8.28. The van der Waals surface area contributed by atoms with Crippen LogP contribution in [0.25, 0.3) is 0 Å². The third kappa shape index (κ3) is 3.65. The summed E-state index contributed by atoms with van der Waals surface area (Å²) in [6, 6.07) is 22.5. The number of carbonyl (C=O) groups excluding carboxylic acids is 1. The summed E-state index contributed by atoms with van der Waals surface area (Å²) >= 11 is 3.44. The molecule has 0 saturated heterocycles. The van der Waals surface area contributed by atoms with Crippen LogP contribution in [-0.4, -0.2) is 17.4 Å². The molecule has 0 aliphatic carbocycles. The molecule has 0 saturated carbocycles. The largest absolute Gasteiger partial charge is 0.337 e. The SMILES string of the molecule is O=C(C(Sc1ccccc1)c1ccccc1)N1CCc2sccc2C1. The first-order chi connectivity index (χ1) is 12.3. The Hall–Kier alpha value is -2.04. The molecule has 1 amide bonds. The van der Waals surface area contributed by atoms with Crippen LogP contribution in [0.3, 0.4) is 0 Å². The minimum atomic E-state index is -0.205. The van der Waals surface area contributed by atoms with Crippen molar-refractivity contribution in [3.8, 4) is 0 Å². The van der Waals surface area contributed by atoms with Gasteiger partial charge in [-0.3, -0.25) is 4.79 Å². The number of amides is 1. The molecule has 4 rings (SSSR count). The Morgan fingerprint density at radius 3 is 2.48 bits per heavy atom. The highest BCUT2D eigenvalue weighted by atomic mass is 32.2. The van der Waals surface area contributed by atoms with Crippen LogP contribution in [-0.2, 0) is 17.8 Å². The summed E-state index contributed by atoms with van der Waals surface area (Å²) in [6.07, 6.45) is 0.969. The van der Waals surface area contributed by atoms with Crippen molar-refractivity contribution in [2.45, 2.75) is 23.1 Å². The van der Waals surface area contributed by atoms with Gasteiger partial charge in [-0.2, -0.15) is 0 Å². The quantitative estimate of drug-likeness (QED) is 0.595. The third-order valence-electron chi connectivity index (χ3n) is 4.44. The number of rotatable bonds is 4. The van der Waals surface area contributed by atoms with Crippen molar-refractivity contribution in [2.24, 2.45) is 0 Å². The van der Waals surface area contributed by atoms with E-state index in [0.29, 0.717) is 0 Å². The summed E-state index contributed by atoms with van der Waals surface area (Å²) in [6.45, 7) is 1.54. The van der Waals surface area contributed by atoms with Crippen LogP contribution in [0.5, 0.6) is 0 Å². The summed E-state index contributed by atoms with van der Waals surface area (Å²) in [4.78, 5) is 17.9. The van der Waals surface area contributed by atoms with Crippen LogP contribution in [0.2, 0.25) is 0 Å². The van der Waals surface area contributed by atoms with Gasteiger partial charge < -0.3 is 4.90 Å². The highest BCUT2D eigenvalue weighted by molar-refractivity contribution is 8.00. The highest BCUT2D eigenvalue weighted by Crippen LogP contribution is 2.38. The van der Waals surface area contributed by atoms with Gasteiger partial charge in [0.15, 0.2) is 0 Å². The number of carbonyl (C=O) groups is 1. The number of nitrogens with zero attached hydrogens (tertiary/aromatic N) is 1. The molecule has 126 valence electrons. The Morgan fingerprint density at radius 2 is 1.72 bits per heavy atom. The zero-order chi connectivity index (χ0) is 17.1. The molecule has 3 aromatic rings.